The molecule has 0 aliphatic heterocycles. The minimum atomic E-state index is 0.648. The van der Waals surface area contributed by atoms with Crippen LogP contribution in [-0.2, 0) is 6.54 Å². The lowest BCUT2D eigenvalue weighted by Gasteiger charge is -2.05. The van der Waals surface area contributed by atoms with Crippen LogP contribution >= 0.6 is 11.6 Å². The second-order valence-corrected chi connectivity index (χ2v) is 3.94. The van der Waals surface area contributed by atoms with Gasteiger partial charge in [0, 0.05) is 23.5 Å². The highest BCUT2D eigenvalue weighted by molar-refractivity contribution is 6.30. The molecule has 1 heterocycles. The van der Waals surface area contributed by atoms with E-state index in [1.807, 2.05) is 37.3 Å². The molecule has 2 rings (SSSR count). The van der Waals surface area contributed by atoms with Crippen LogP contribution in [0.2, 0.25) is 5.02 Å². The molecular formula is C12H12ClN3. The fourth-order valence-electron chi connectivity index (χ4n) is 1.32. The van der Waals surface area contributed by atoms with Crippen LogP contribution in [0.25, 0.3) is 0 Å². The quantitative estimate of drug-likeness (QED) is 0.886. The number of halogens is 1. The van der Waals surface area contributed by atoms with Gasteiger partial charge in [-0.2, -0.15) is 0 Å². The van der Waals surface area contributed by atoms with Crippen LogP contribution in [0.4, 0.5) is 5.95 Å². The summed E-state index contributed by atoms with van der Waals surface area (Å²) < 4.78 is 0. The van der Waals surface area contributed by atoms with Gasteiger partial charge >= 0.3 is 0 Å². The van der Waals surface area contributed by atoms with Gasteiger partial charge in [-0.25, -0.2) is 9.97 Å². The summed E-state index contributed by atoms with van der Waals surface area (Å²) in [6.45, 7) is 2.63. The summed E-state index contributed by atoms with van der Waals surface area (Å²) in [4.78, 5) is 8.38. The maximum Gasteiger partial charge on any atom is 0.223 e. The van der Waals surface area contributed by atoms with Crippen LogP contribution in [0.1, 0.15) is 11.3 Å². The van der Waals surface area contributed by atoms with E-state index in [1.165, 1.54) is 0 Å². The molecule has 0 aliphatic rings. The van der Waals surface area contributed by atoms with E-state index < -0.39 is 0 Å². The van der Waals surface area contributed by atoms with E-state index in [0.29, 0.717) is 12.5 Å². The Morgan fingerprint density at radius 2 is 1.94 bits per heavy atom. The van der Waals surface area contributed by atoms with Crippen molar-refractivity contribution in [3.8, 4) is 0 Å². The Bertz CT molecular complexity index is 468. The van der Waals surface area contributed by atoms with E-state index in [1.54, 1.807) is 6.20 Å². The van der Waals surface area contributed by atoms with Gasteiger partial charge in [-0.15, -0.1) is 0 Å². The third-order valence-electron chi connectivity index (χ3n) is 2.16. The van der Waals surface area contributed by atoms with Crippen molar-refractivity contribution in [3.05, 3.63) is 52.8 Å². The molecule has 1 N–H and O–H groups in total. The van der Waals surface area contributed by atoms with Crippen LogP contribution in [-0.4, -0.2) is 9.97 Å². The minimum absolute atomic E-state index is 0.648. The summed E-state index contributed by atoms with van der Waals surface area (Å²) in [5, 5.41) is 3.90. The van der Waals surface area contributed by atoms with E-state index in [2.05, 4.69) is 15.3 Å². The second-order valence-electron chi connectivity index (χ2n) is 3.50. The van der Waals surface area contributed by atoms with Gasteiger partial charge in [0.25, 0.3) is 0 Å². The first kappa shape index (κ1) is 10.9. The summed E-state index contributed by atoms with van der Waals surface area (Å²) in [7, 11) is 0. The van der Waals surface area contributed by atoms with Crippen LogP contribution in [0, 0.1) is 6.92 Å². The van der Waals surface area contributed by atoms with Gasteiger partial charge in [-0.3, -0.25) is 0 Å². The molecule has 0 radical (unpaired) electrons. The molecule has 0 fully saturated rings. The Labute approximate surface area is 99.5 Å². The van der Waals surface area contributed by atoms with Gasteiger partial charge in [0.1, 0.15) is 0 Å². The minimum Gasteiger partial charge on any atom is -0.350 e. The smallest absolute Gasteiger partial charge is 0.223 e. The van der Waals surface area contributed by atoms with E-state index in [0.717, 1.165) is 16.3 Å². The number of nitrogens with zero attached hydrogens (tertiary/aromatic N) is 2. The molecule has 0 saturated carbocycles. The topological polar surface area (TPSA) is 37.8 Å². The van der Waals surface area contributed by atoms with Crippen molar-refractivity contribution in [2.75, 3.05) is 5.32 Å². The predicted octanol–water partition coefficient (Wildman–Crippen LogP) is 3.05. The fraction of sp³-hybridized carbons (Fsp3) is 0.167. The number of benzene rings is 1. The normalized spacial score (nSPS) is 10.1. The molecule has 0 aliphatic carbocycles. The third-order valence-corrected chi connectivity index (χ3v) is 2.41. The Balaban J connectivity index is 1.99. The third kappa shape index (κ3) is 2.94. The van der Waals surface area contributed by atoms with Gasteiger partial charge in [0.15, 0.2) is 0 Å². The summed E-state index contributed by atoms with van der Waals surface area (Å²) in [6.07, 6.45) is 1.74. The highest BCUT2D eigenvalue weighted by atomic mass is 35.5. The van der Waals surface area contributed by atoms with Gasteiger partial charge in [0.05, 0.1) is 0 Å². The SMILES string of the molecule is Cc1ccnc(NCc2ccc(Cl)cc2)n1. The Morgan fingerprint density at radius 1 is 1.19 bits per heavy atom. The van der Waals surface area contributed by atoms with Crippen LogP contribution < -0.4 is 5.32 Å². The average Bonchev–Trinajstić information content (AvgIpc) is 2.28. The van der Waals surface area contributed by atoms with Gasteiger partial charge in [0.2, 0.25) is 5.95 Å². The summed E-state index contributed by atoms with van der Waals surface area (Å²) in [6, 6.07) is 9.56. The molecule has 1 aromatic heterocycles. The Kier molecular flexibility index (Phi) is 3.37. The molecule has 0 saturated heterocycles. The van der Waals surface area contributed by atoms with Gasteiger partial charge in [-0.1, -0.05) is 23.7 Å². The lowest BCUT2D eigenvalue weighted by molar-refractivity contribution is 1.03. The lowest BCUT2D eigenvalue weighted by Crippen LogP contribution is -2.03. The molecule has 82 valence electrons. The van der Waals surface area contributed by atoms with Crippen LogP contribution in [0.15, 0.2) is 36.5 Å². The zero-order valence-electron chi connectivity index (χ0n) is 8.94. The van der Waals surface area contributed by atoms with Crippen molar-refractivity contribution in [1.82, 2.24) is 9.97 Å². The monoisotopic (exact) mass is 233 g/mol. The molecule has 0 spiro atoms. The first-order valence-electron chi connectivity index (χ1n) is 5.02. The highest BCUT2D eigenvalue weighted by Crippen LogP contribution is 2.10. The van der Waals surface area contributed by atoms with Gasteiger partial charge < -0.3 is 5.32 Å². The maximum absolute atomic E-state index is 5.80. The summed E-state index contributed by atoms with van der Waals surface area (Å²) in [5.74, 6) is 0.648. The van der Waals surface area contributed by atoms with Crippen molar-refractivity contribution in [1.29, 1.82) is 0 Å². The second kappa shape index (κ2) is 4.94. The Morgan fingerprint density at radius 3 is 2.62 bits per heavy atom. The highest BCUT2D eigenvalue weighted by Gasteiger charge is 1.96. The molecule has 16 heavy (non-hydrogen) atoms. The Hall–Kier alpha value is -1.61. The van der Waals surface area contributed by atoms with Crippen molar-refractivity contribution in [3.63, 3.8) is 0 Å². The lowest BCUT2D eigenvalue weighted by atomic mass is 10.2. The first-order chi connectivity index (χ1) is 7.74. The van der Waals surface area contributed by atoms with Crippen molar-refractivity contribution >= 4 is 17.5 Å². The molecule has 0 unspecified atom stereocenters. The van der Waals surface area contributed by atoms with Crippen molar-refractivity contribution in [2.45, 2.75) is 13.5 Å². The molecule has 1 aromatic carbocycles. The number of hydrogen-bond acceptors (Lipinski definition) is 3. The molecule has 3 nitrogen and oxygen atoms in total. The number of aromatic nitrogens is 2. The number of aryl methyl sites for hydroxylation is 1. The largest absolute Gasteiger partial charge is 0.350 e. The van der Waals surface area contributed by atoms with E-state index in [9.17, 15) is 0 Å². The molecule has 0 bridgehead atoms. The fourth-order valence-corrected chi connectivity index (χ4v) is 1.44. The standard InChI is InChI=1S/C12H12ClN3/c1-9-6-7-14-12(16-9)15-8-10-2-4-11(13)5-3-10/h2-7H,8H2,1H3,(H,14,15,16). The zero-order chi connectivity index (χ0) is 11.4. The molecule has 2 aromatic rings. The molecule has 4 heteroatoms. The molecule has 0 amide bonds. The number of nitrogens with one attached hydrogen (secondary N) is 1. The predicted molar refractivity (Wildman–Crippen MR) is 65.5 cm³/mol. The summed E-state index contributed by atoms with van der Waals surface area (Å²) in [5.41, 5.74) is 2.10. The van der Waals surface area contributed by atoms with E-state index in [-0.39, 0.29) is 0 Å². The molecular weight excluding hydrogens is 222 g/mol. The van der Waals surface area contributed by atoms with E-state index in [4.69, 9.17) is 11.6 Å². The van der Waals surface area contributed by atoms with Crippen LogP contribution in [0.3, 0.4) is 0 Å². The zero-order valence-corrected chi connectivity index (χ0v) is 9.70. The van der Waals surface area contributed by atoms with Crippen LogP contribution in [0.5, 0.6) is 0 Å². The number of rotatable bonds is 3. The average molecular weight is 234 g/mol. The van der Waals surface area contributed by atoms with Gasteiger partial charge in [-0.05, 0) is 30.7 Å². The summed E-state index contributed by atoms with van der Waals surface area (Å²) >= 11 is 5.80. The van der Waals surface area contributed by atoms with Crippen molar-refractivity contribution < 1.29 is 0 Å². The number of hydrogen-bond donors (Lipinski definition) is 1. The van der Waals surface area contributed by atoms with Crippen molar-refractivity contribution in [2.24, 2.45) is 0 Å². The maximum atomic E-state index is 5.80. The first-order valence-corrected chi connectivity index (χ1v) is 5.40. The molecule has 0 atom stereocenters. The van der Waals surface area contributed by atoms with E-state index >= 15 is 0 Å². The number of anilines is 1.